The number of aromatic amines is 1. The molecule has 0 aliphatic carbocycles. The van der Waals surface area contributed by atoms with Crippen LogP contribution in [0.25, 0.3) is 0 Å². The number of allylic oxidation sites excluding steroid dienone is 3. The van der Waals surface area contributed by atoms with Gasteiger partial charge in [0.25, 0.3) is 5.56 Å². The number of H-pyrrole nitrogens is 1. The van der Waals surface area contributed by atoms with E-state index in [4.69, 9.17) is 4.74 Å². The van der Waals surface area contributed by atoms with Gasteiger partial charge in [-0.1, -0.05) is 19.1 Å². The molecule has 27 heavy (non-hydrogen) atoms. The van der Waals surface area contributed by atoms with Crippen molar-refractivity contribution in [3.8, 4) is 0 Å². The molecule has 150 valence electrons. The Morgan fingerprint density at radius 1 is 1.44 bits per heavy atom. The lowest BCUT2D eigenvalue weighted by Gasteiger charge is -2.20. The molecule has 0 bridgehead atoms. The fraction of sp³-hybridized carbons (Fsp3) is 0.579. The molecule has 0 amide bonds. The van der Waals surface area contributed by atoms with Gasteiger partial charge in [0.05, 0.1) is 5.56 Å². The van der Waals surface area contributed by atoms with Crippen molar-refractivity contribution in [2.45, 2.75) is 65.3 Å². The average Bonchev–Trinajstić information content (AvgIpc) is 3.12. The molecule has 2 unspecified atom stereocenters. The van der Waals surface area contributed by atoms with Crippen LogP contribution in [0.2, 0.25) is 0 Å². The van der Waals surface area contributed by atoms with Crippen molar-refractivity contribution in [1.82, 2.24) is 9.97 Å². The summed E-state index contributed by atoms with van der Waals surface area (Å²) in [5.41, 5.74) is 0.298. The summed E-state index contributed by atoms with van der Waals surface area (Å²) in [6.07, 6.45) is 0.255. The van der Waals surface area contributed by atoms with E-state index in [9.17, 15) is 18.0 Å². The number of anilines is 1. The van der Waals surface area contributed by atoms with Crippen LogP contribution in [0.5, 0.6) is 0 Å². The molecular weight excluding hydrogens is 359 g/mol. The Kier molecular flexibility index (Phi) is 6.86. The minimum Gasteiger partial charge on any atom is -0.370 e. The van der Waals surface area contributed by atoms with E-state index in [0.29, 0.717) is 30.2 Å². The molecule has 0 spiro atoms. The highest BCUT2D eigenvalue weighted by Crippen LogP contribution is 2.27. The molecule has 1 aromatic heterocycles. The van der Waals surface area contributed by atoms with Crippen molar-refractivity contribution < 1.29 is 17.9 Å². The number of aromatic nitrogens is 2. The number of alkyl halides is 3. The third-order valence-corrected chi connectivity index (χ3v) is 4.72. The minimum absolute atomic E-state index is 0.229. The fourth-order valence-corrected chi connectivity index (χ4v) is 2.83. The first-order valence-corrected chi connectivity index (χ1v) is 9.07. The maximum absolute atomic E-state index is 12.7. The van der Waals surface area contributed by atoms with E-state index in [-0.39, 0.29) is 17.7 Å². The van der Waals surface area contributed by atoms with Gasteiger partial charge in [-0.25, -0.2) is 4.98 Å². The van der Waals surface area contributed by atoms with Gasteiger partial charge < -0.3 is 15.0 Å². The zero-order valence-electron chi connectivity index (χ0n) is 16.0. The highest BCUT2D eigenvalue weighted by Gasteiger charge is 2.29. The lowest BCUT2D eigenvalue weighted by atomic mass is 10.0. The third-order valence-electron chi connectivity index (χ3n) is 4.72. The lowest BCUT2D eigenvalue weighted by molar-refractivity contribution is -0.0913. The Morgan fingerprint density at radius 2 is 2.15 bits per heavy atom. The van der Waals surface area contributed by atoms with Crippen LogP contribution in [0.4, 0.5) is 19.0 Å². The number of rotatable bonds is 6. The summed E-state index contributed by atoms with van der Waals surface area (Å²) in [6.45, 7) is 7.03. The van der Waals surface area contributed by atoms with Gasteiger partial charge in [-0.05, 0) is 45.6 Å². The summed E-state index contributed by atoms with van der Waals surface area (Å²) in [7, 11) is 0. The molecule has 0 radical (unpaired) electrons. The van der Waals surface area contributed by atoms with E-state index >= 15 is 0 Å². The molecule has 5 nitrogen and oxygen atoms in total. The topological polar surface area (TPSA) is 67.0 Å². The smallest absolute Gasteiger partial charge is 0.370 e. The third kappa shape index (κ3) is 5.45. The number of hydrogen-bond donors (Lipinski definition) is 2. The highest BCUT2D eigenvalue weighted by atomic mass is 19.4. The van der Waals surface area contributed by atoms with Crippen molar-refractivity contribution in [3.05, 3.63) is 45.0 Å². The van der Waals surface area contributed by atoms with Crippen LogP contribution >= 0.6 is 0 Å². The summed E-state index contributed by atoms with van der Waals surface area (Å²) in [5, 5.41) is 3.16. The van der Waals surface area contributed by atoms with Crippen molar-refractivity contribution in [2.24, 2.45) is 0 Å². The molecule has 0 aromatic carbocycles. The second kappa shape index (κ2) is 8.73. The Hall–Kier alpha value is -2.09. The van der Waals surface area contributed by atoms with Gasteiger partial charge in [-0.2, -0.15) is 13.2 Å². The fourth-order valence-electron chi connectivity index (χ4n) is 2.83. The zero-order valence-corrected chi connectivity index (χ0v) is 16.0. The van der Waals surface area contributed by atoms with Gasteiger partial charge in [0, 0.05) is 18.2 Å². The Labute approximate surface area is 156 Å². The van der Waals surface area contributed by atoms with Crippen LogP contribution in [0, 0.1) is 6.92 Å². The SMILES string of the molecule is CC/C(=C\C=C(/C)C(F)(F)F)C(C)Nc1nc(C2CCCO2)[nH]c(=O)c1C. The molecule has 0 saturated carbocycles. The molecular formula is C19H26F3N3O2. The first kappa shape index (κ1) is 21.2. The van der Waals surface area contributed by atoms with Gasteiger partial charge in [0.15, 0.2) is 0 Å². The van der Waals surface area contributed by atoms with Crippen LogP contribution in [0.15, 0.2) is 28.1 Å². The Balaban J connectivity index is 2.25. The van der Waals surface area contributed by atoms with E-state index in [2.05, 4.69) is 15.3 Å². The largest absolute Gasteiger partial charge is 0.412 e. The normalized spacial score (nSPS) is 20.0. The Bertz CT molecular complexity index is 775. The van der Waals surface area contributed by atoms with Crippen molar-refractivity contribution in [2.75, 3.05) is 11.9 Å². The molecule has 1 aliphatic rings. The quantitative estimate of drug-likeness (QED) is 0.704. The van der Waals surface area contributed by atoms with E-state index in [0.717, 1.165) is 31.4 Å². The summed E-state index contributed by atoms with van der Waals surface area (Å²) in [5.74, 6) is 0.903. The molecule has 1 aliphatic heterocycles. The molecule has 2 heterocycles. The first-order chi connectivity index (χ1) is 12.6. The van der Waals surface area contributed by atoms with Crippen molar-refractivity contribution in [3.63, 3.8) is 0 Å². The predicted molar refractivity (Wildman–Crippen MR) is 98.8 cm³/mol. The number of ether oxygens (including phenoxy) is 1. The molecule has 1 fully saturated rings. The van der Waals surface area contributed by atoms with E-state index in [1.54, 1.807) is 6.92 Å². The number of nitrogens with zero attached hydrogens (tertiary/aromatic N) is 1. The minimum atomic E-state index is -4.34. The molecule has 1 aromatic rings. The van der Waals surface area contributed by atoms with Crippen molar-refractivity contribution in [1.29, 1.82) is 0 Å². The molecule has 8 heteroatoms. The number of hydrogen-bond acceptors (Lipinski definition) is 4. The van der Waals surface area contributed by atoms with Crippen LogP contribution in [0.3, 0.4) is 0 Å². The van der Waals surface area contributed by atoms with Crippen LogP contribution < -0.4 is 10.9 Å². The molecule has 2 atom stereocenters. The highest BCUT2D eigenvalue weighted by molar-refractivity contribution is 5.45. The van der Waals surface area contributed by atoms with Gasteiger partial charge in [0.1, 0.15) is 17.7 Å². The maximum atomic E-state index is 12.7. The second-order valence-electron chi connectivity index (χ2n) is 6.74. The van der Waals surface area contributed by atoms with Crippen molar-refractivity contribution >= 4 is 5.82 Å². The predicted octanol–water partition coefficient (Wildman–Crippen LogP) is 4.58. The summed E-state index contributed by atoms with van der Waals surface area (Å²) in [6, 6.07) is -0.280. The standard InChI is InChI=1S/C19H26F3N3O2/c1-5-14(9-8-11(2)19(20,21)22)13(4)23-16-12(3)18(26)25-17(24-16)15-7-6-10-27-15/h8-9,13,15H,5-7,10H2,1-4H3,(H2,23,24,25,26)/b11-8+,14-9+. The zero-order chi connectivity index (χ0) is 20.2. The number of nitrogens with one attached hydrogen (secondary N) is 2. The summed E-state index contributed by atoms with van der Waals surface area (Å²) in [4.78, 5) is 19.5. The number of halogens is 3. The van der Waals surface area contributed by atoms with Gasteiger partial charge >= 0.3 is 6.18 Å². The molecule has 2 N–H and O–H groups in total. The van der Waals surface area contributed by atoms with Gasteiger partial charge in [-0.15, -0.1) is 0 Å². The van der Waals surface area contributed by atoms with Crippen LogP contribution in [-0.4, -0.2) is 28.8 Å². The molecule has 1 saturated heterocycles. The van der Waals surface area contributed by atoms with Crippen LogP contribution in [0.1, 0.15) is 57.5 Å². The van der Waals surface area contributed by atoms with Gasteiger partial charge in [0.2, 0.25) is 0 Å². The maximum Gasteiger partial charge on any atom is 0.412 e. The summed E-state index contributed by atoms with van der Waals surface area (Å²) < 4.78 is 43.6. The summed E-state index contributed by atoms with van der Waals surface area (Å²) >= 11 is 0. The van der Waals surface area contributed by atoms with E-state index in [1.165, 1.54) is 6.08 Å². The average molecular weight is 385 g/mol. The van der Waals surface area contributed by atoms with Gasteiger partial charge in [-0.3, -0.25) is 4.79 Å². The lowest BCUT2D eigenvalue weighted by Crippen LogP contribution is -2.25. The van der Waals surface area contributed by atoms with Crippen LogP contribution in [-0.2, 0) is 4.74 Å². The Morgan fingerprint density at radius 3 is 2.70 bits per heavy atom. The van der Waals surface area contributed by atoms with E-state index < -0.39 is 11.7 Å². The first-order valence-electron chi connectivity index (χ1n) is 9.07. The monoisotopic (exact) mass is 385 g/mol. The second-order valence-corrected chi connectivity index (χ2v) is 6.74. The van der Waals surface area contributed by atoms with E-state index in [1.807, 2.05) is 13.8 Å². The molecule has 2 rings (SSSR count).